The summed E-state index contributed by atoms with van der Waals surface area (Å²) in [6.45, 7) is 2.87. The fraction of sp³-hybridized carbons (Fsp3) is 0.462. The van der Waals surface area contributed by atoms with Crippen LogP contribution in [-0.2, 0) is 13.6 Å². The summed E-state index contributed by atoms with van der Waals surface area (Å²) in [6.07, 6.45) is 9.14. The van der Waals surface area contributed by atoms with Gasteiger partial charge in [0.1, 0.15) is 0 Å². The van der Waals surface area contributed by atoms with Crippen LogP contribution in [0.2, 0.25) is 0 Å². The highest BCUT2D eigenvalue weighted by molar-refractivity contribution is 5.14. The average molecular weight is 233 g/mol. The monoisotopic (exact) mass is 233 g/mol. The molecule has 0 amide bonds. The molecule has 0 saturated heterocycles. The number of hydrogen-bond acceptors (Lipinski definition) is 2. The molecule has 2 aromatic rings. The van der Waals surface area contributed by atoms with E-state index in [4.69, 9.17) is 0 Å². The van der Waals surface area contributed by atoms with Gasteiger partial charge in [-0.1, -0.05) is 13.3 Å². The van der Waals surface area contributed by atoms with Crippen molar-refractivity contribution in [3.8, 4) is 0 Å². The average Bonchev–Trinajstić information content (AvgIpc) is 2.90. The largest absolute Gasteiger partial charge is 0.388 e. The first kappa shape index (κ1) is 11.9. The number of rotatable bonds is 5. The smallest absolute Gasteiger partial charge is 0.0946 e. The van der Waals surface area contributed by atoms with Gasteiger partial charge < -0.3 is 14.2 Å². The van der Waals surface area contributed by atoms with Crippen LogP contribution in [0, 0.1) is 0 Å². The Morgan fingerprint density at radius 1 is 1.47 bits per heavy atom. The van der Waals surface area contributed by atoms with Gasteiger partial charge in [0.05, 0.1) is 24.7 Å². The van der Waals surface area contributed by atoms with Crippen LogP contribution in [0.4, 0.5) is 0 Å². The molecule has 4 nitrogen and oxygen atoms in total. The topological polar surface area (TPSA) is 43.0 Å². The zero-order chi connectivity index (χ0) is 12.3. The van der Waals surface area contributed by atoms with Crippen LogP contribution in [0.5, 0.6) is 0 Å². The van der Waals surface area contributed by atoms with Crippen molar-refractivity contribution in [3.63, 3.8) is 0 Å². The Hall–Kier alpha value is -1.55. The third-order valence-corrected chi connectivity index (χ3v) is 2.98. The molecule has 1 unspecified atom stereocenters. The van der Waals surface area contributed by atoms with Gasteiger partial charge in [0.15, 0.2) is 0 Å². The van der Waals surface area contributed by atoms with Gasteiger partial charge in [-0.3, -0.25) is 0 Å². The van der Waals surface area contributed by atoms with Crippen LogP contribution < -0.4 is 0 Å². The molecule has 0 aliphatic carbocycles. The van der Waals surface area contributed by atoms with Gasteiger partial charge in [-0.25, -0.2) is 4.98 Å². The van der Waals surface area contributed by atoms with Crippen molar-refractivity contribution in [2.45, 2.75) is 32.4 Å². The summed E-state index contributed by atoms with van der Waals surface area (Å²) in [5, 5.41) is 9.88. The minimum absolute atomic E-state index is 0.340. The van der Waals surface area contributed by atoms with Crippen LogP contribution in [0.3, 0.4) is 0 Å². The molecule has 2 heterocycles. The third-order valence-electron chi connectivity index (χ3n) is 2.98. The zero-order valence-electron chi connectivity index (χ0n) is 10.4. The summed E-state index contributed by atoms with van der Waals surface area (Å²) >= 11 is 0. The Kier molecular flexibility index (Phi) is 3.64. The highest BCUT2D eigenvalue weighted by atomic mass is 16.3. The van der Waals surface area contributed by atoms with E-state index in [0.29, 0.717) is 0 Å². The predicted molar refractivity (Wildman–Crippen MR) is 66.6 cm³/mol. The lowest BCUT2D eigenvalue weighted by Gasteiger charge is -2.07. The van der Waals surface area contributed by atoms with Crippen molar-refractivity contribution >= 4 is 0 Å². The molecule has 1 atom stereocenters. The summed E-state index contributed by atoms with van der Waals surface area (Å²) < 4.78 is 4.08. The maximum Gasteiger partial charge on any atom is 0.0946 e. The lowest BCUT2D eigenvalue weighted by atomic mass is 10.1. The third kappa shape index (κ3) is 2.77. The maximum atomic E-state index is 9.88. The Morgan fingerprint density at radius 3 is 2.94 bits per heavy atom. The first-order chi connectivity index (χ1) is 8.20. The van der Waals surface area contributed by atoms with Crippen LogP contribution in [0.15, 0.2) is 31.0 Å². The molecule has 4 heteroatoms. The first-order valence-corrected chi connectivity index (χ1v) is 5.99. The summed E-state index contributed by atoms with van der Waals surface area (Å²) in [7, 11) is 1.98. The lowest BCUT2D eigenvalue weighted by Crippen LogP contribution is -2.02. The van der Waals surface area contributed by atoms with Gasteiger partial charge in [0.25, 0.3) is 0 Å². The second-order valence-electron chi connectivity index (χ2n) is 4.42. The maximum absolute atomic E-state index is 9.88. The fourth-order valence-corrected chi connectivity index (χ4v) is 1.92. The zero-order valence-corrected chi connectivity index (χ0v) is 10.4. The normalized spacial score (nSPS) is 12.9. The Bertz CT molecular complexity index is 472. The Balaban J connectivity index is 2.06. The van der Waals surface area contributed by atoms with E-state index in [-0.39, 0.29) is 6.10 Å². The molecule has 0 radical (unpaired) electrons. The van der Waals surface area contributed by atoms with Crippen molar-refractivity contribution in [2.75, 3.05) is 0 Å². The molecule has 92 valence electrons. The molecular weight excluding hydrogens is 214 g/mol. The summed E-state index contributed by atoms with van der Waals surface area (Å²) in [6, 6.07) is 1.98. The van der Waals surface area contributed by atoms with Gasteiger partial charge in [0.2, 0.25) is 0 Å². The fourth-order valence-electron chi connectivity index (χ4n) is 1.92. The second kappa shape index (κ2) is 5.19. The number of imidazole rings is 1. The predicted octanol–water partition coefficient (Wildman–Crippen LogP) is 2.10. The second-order valence-corrected chi connectivity index (χ2v) is 4.42. The number of aryl methyl sites for hydroxylation is 1. The van der Waals surface area contributed by atoms with Crippen LogP contribution in [-0.4, -0.2) is 19.2 Å². The highest BCUT2D eigenvalue weighted by Gasteiger charge is 2.08. The van der Waals surface area contributed by atoms with Crippen molar-refractivity contribution < 1.29 is 5.11 Å². The molecule has 0 aromatic carbocycles. The lowest BCUT2D eigenvalue weighted by molar-refractivity contribution is 0.166. The SMILES string of the molecule is CCCC(O)c1ccn(Cc2cncn2C)c1. The van der Waals surface area contributed by atoms with Crippen LogP contribution in [0.25, 0.3) is 0 Å². The van der Waals surface area contributed by atoms with Gasteiger partial charge >= 0.3 is 0 Å². The number of aliphatic hydroxyl groups excluding tert-OH is 1. The van der Waals surface area contributed by atoms with Crippen molar-refractivity contribution in [3.05, 3.63) is 42.2 Å². The molecule has 0 spiro atoms. The number of hydrogen-bond donors (Lipinski definition) is 1. The minimum atomic E-state index is -0.340. The molecule has 0 aliphatic rings. The van der Waals surface area contributed by atoms with E-state index in [9.17, 15) is 5.11 Å². The highest BCUT2D eigenvalue weighted by Crippen LogP contribution is 2.18. The molecular formula is C13H19N3O. The molecule has 2 rings (SSSR count). The molecule has 2 aromatic heterocycles. The molecule has 0 saturated carbocycles. The van der Waals surface area contributed by atoms with Gasteiger partial charge in [0, 0.05) is 25.6 Å². The molecule has 17 heavy (non-hydrogen) atoms. The molecule has 0 fully saturated rings. The van der Waals surface area contributed by atoms with E-state index in [1.165, 1.54) is 0 Å². The Morgan fingerprint density at radius 2 is 2.29 bits per heavy atom. The summed E-state index contributed by atoms with van der Waals surface area (Å²) in [5.74, 6) is 0. The molecule has 1 N–H and O–H groups in total. The standard InChI is InChI=1S/C13H19N3O/c1-3-4-13(17)11-5-6-16(8-11)9-12-7-14-10-15(12)2/h5-8,10,13,17H,3-4,9H2,1-2H3. The van der Waals surface area contributed by atoms with Gasteiger partial charge in [-0.15, -0.1) is 0 Å². The van der Waals surface area contributed by atoms with E-state index in [2.05, 4.69) is 16.5 Å². The number of nitrogens with zero attached hydrogens (tertiary/aromatic N) is 3. The van der Waals surface area contributed by atoms with Gasteiger partial charge in [-0.05, 0) is 18.1 Å². The molecule has 0 aliphatic heterocycles. The summed E-state index contributed by atoms with van der Waals surface area (Å²) in [4.78, 5) is 4.09. The first-order valence-electron chi connectivity index (χ1n) is 5.99. The Labute approximate surface area is 102 Å². The summed E-state index contributed by atoms with van der Waals surface area (Å²) in [5.41, 5.74) is 2.14. The quantitative estimate of drug-likeness (QED) is 0.859. The minimum Gasteiger partial charge on any atom is -0.388 e. The van der Waals surface area contributed by atoms with E-state index in [1.54, 1.807) is 6.33 Å². The number of aliphatic hydroxyl groups is 1. The van der Waals surface area contributed by atoms with Gasteiger partial charge in [-0.2, -0.15) is 0 Å². The number of aromatic nitrogens is 3. The van der Waals surface area contributed by atoms with E-state index in [1.807, 2.05) is 36.3 Å². The van der Waals surface area contributed by atoms with Crippen LogP contribution >= 0.6 is 0 Å². The van der Waals surface area contributed by atoms with E-state index < -0.39 is 0 Å². The van der Waals surface area contributed by atoms with Crippen molar-refractivity contribution in [1.82, 2.24) is 14.1 Å². The molecule has 0 bridgehead atoms. The van der Waals surface area contributed by atoms with Crippen molar-refractivity contribution in [1.29, 1.82) is 0 Å². The van der Waals surface area contributed by atoms with Crippen LogP contribution in [0.1, 0.15) is 37.1 Å². The van der Waals surface area contributed by atoms with E-state index in [0.717, 1.165) is 30.6 Å². The van der Waals surface area contributed by atoms with E-state index >= 15 is 0 Å². The van der Waals surface area contributed by atoms with Crippen molar-refractivity contribution in [2.24, 2.45) is 7.05 Å².